The molecule has 0 spiro atoms. The first kappa shape index (κ1) is 17.0. The molecule has 1 saturated heterocycles. The van der Waals surface area contributed by atoms with Gasteiger partial charge in [-0.2, -0.15) is 5.10 Å². The number of anilines is 1. The van der Waals surface area contributed by atoms with Gasteiger partial charge in [-0.05, 0) is 40.8 Å². The molecular weight excluding hydrogens is 302 g/mol. The average molecular weight is 327 g/mol. The topological polar surface area (TPSA) is 62.6 Å². The summed E-state index contributed by atoms with van der Waals surface area (Å²) in [6.07, 6.45) is 4.37. The number of likely N-dealkylation sites (tertiary alicyclic amines) is 1. The quantitative estimate of drug-likeness (QED) is 0.854. The lowest BCUT2D eigenvalue weighted by Gasteiger charge is -2.28. The molecule has 1 aromatic rings. The second-order valence-electron chi connectivity index (χ2n) is 6.60. The Morgan fingerprint density at radius 3 is 2.73 bits per heavy atom. The van der Waals surface area contributed by atoms with Crippen molar-refractivity contribution in [1.82, 2.24) is 19.4 Å². The maximum Gasteiger partial charge on any atom is 0.419 e. The maximum atomic E-state index is 11.9. The summed E-state index contributed by atoms with van der Waals surface area (Å²) < 4.78 is 11.9. The zero-order valence-corrected chi connectivity index (χ0v) is 14.7. The van der Waals surface area contributed by atoms with Crippen LogP contribution in [-0.2, 0) is 11.8 Å². The van der Waals surface area contributed by atoms with Gasteiger partial charge in [0.25, 0.3) is 0 Å². The zero-order valence-electron chi connectivity index (χ0n) is 13.9. The summed E-state index contributed by atoms with van der Waals surface area (Å²) in [4.78, 5) is 14.1. The highest BCUT2D eigenvalue weighted by atomic mass is 32.2. The van der Waals surface area contributed by atoms with Crippen LogP contribution in [0.5, 0.6) is 0 Å². The van der Waals surface area contributed by atoms with Gasteiger partial charge in [0, 0.05) is 19.8 Å². The molecule has 1 unspecified atom stereocenters. The summed E-state index contributed by atoms with van der Waals surface area (Å²) >= 11 is 1.26. The largest absolute Gasteiger partial charge is 0.443 e. The Kier molecular flexibility index (Phi) is 5.23. The number of rotatable bonds is 4. The number of hydrogen-bond acceptors (Lipinski definition) is 6. The fourth-order valence-corrected chi connectivity index (χ4v) is 3.08. The molecule has 2 rings (SSSR count). The summed E-state index contributed by atoms with van der Waals surface area (Å²) in [7, 11) is 3.99. The number of ether oxygens (including phenoxy) is 1. The number of nitrogens with zero attached hydrogens (tertiary/aromatic N) is 4. The second kappa shape index (κ2) is 6.78. The molecule has 1 N–H and O–H groups in total. The molecule has 0 aromatic carbocycles. The molecule has 1 aliphatic heterocycles. The van der Waals surface area contributed by atoms with Gasteiger partial charge in [-0.1, -0.05) is 0 Å². The van der Waals surface area contributed by atoms with E-state index in [0.29, 0.717) is 6.04 Å². The Balaban J connectivity index is 2.01. The van der Waals surface area contributed by atoms with Crippen molar-refractivity contribution in [2.75, 3.05) is 24.4 Å². The van der Waals surface area contributed by atoms with Crippen LogP contribution in [0.4, 0.5) is 10.5 Å². The van der Waals surface area contributed by atoms with Crippen LogP contribution >= 0.6 is 12.1 Å². The molecule has 0 bridgehead atoms. The van der Waals surface area contributed by atoms with E-state index in [1.807, 2.05) is 40.2 Å². The minimum absolute atomic E-state index is 0.328. The first-order valence-corrected chi connectivity index (χ1v) is 8.14. The third kappa shape index (κ3) is 4.81. The van der Waals surface area contributed by atoms with Crippen LogP contribution in [0.2, 0.25) is 0 Å². The summed E-state index contributed by atoms with van der Waals surface area (Å²) in [5, 5.41) is 4.22. The Labute approximate surface area is 136 Å². The van der Waals surface area contributed by atoms with E-state index in [-0.39, 0.29) is 0 Å². The lowest BCUT2D eigenvalue weighted by molar-refractivity contribution is 0.0574. The molecule has 7 nitrogen and oxygen atoms in total. The fraction of sp³-hybridized carbons (Fsp3) is 0.714. The second-order valence-corrected chi connectivity index (χ2v) is 7.38. The Hall–Kier alpha value is -1.41. The van der Waals surface area contributed by atoms with Crippen LogP contribution in [0, 0.1) is 0 Å². The highest BCUT2D eigenvalue weighted by molar-refractivity contribution is 7.99. The number of amides is 1. The third-order valence-corrected chi connectivity index (χ3v) is 4.23. The lowest BCUT2D eigenvalue weighted by atomic mass is 10.2. The highest BCUT2D eigenvalue weighted by Gasteiger charge is 2.28. The number of aryl methyl sites for hydroxylation is 1. The average Bonchev–Trinajstić information content (AvgIpc) is 2.97. The van der Waals surface area contributed by atoms with Crippen molar-refractivity contribution >= 4 is 23.9 Å². The third-order valence-electron chi connectivity index (χ3n) is 3.27. The van der Waals surface area contributed by atoms with E-state index >= 15 is 0 Å². The predicted molar refractivity (Wildman–Crippen MR) is 88.5 cm³/mol. The zero-order chi connectivity index (χ0) is 16.3. The molecule has 1 amide bonds. The normalized spacial score (nSPS) is 19.2. The first-order valence-electron chi connectivity index (χ1n) is 7.37. The lowest BCUT2D eigenvalue weighted by Crippen LogP contribution is -2.37. The van der Waals surface area contributed by atoms with Gasteiger partial charge in [0.1, 0.15) is 5.60 Å². The molecule has 1 aliphatic rings. The van der Waals surface area contributed by atoms with Gasteiger partial charge in [0.2, 0.25) is 0 Å². The Morgan fingerprint density at radius 2 is 2.23 bits per heavy atom. The molecule has 1 atom stereocenters. The number of carbonyl (C=O) groups is 1. The van der Waals surface area contributed by atoms with Gasteiger partial charge in [0.05, 0.1) is 30.1 Å². The molecule has 1 fully saturated rings. The summed E-state index contributed by atoms with van der Waals surface area (Å²) in [6.45, 7) is 7.55. The SMILES string of the molecule is CN1CCC(N(SNC(=O)OC(C)(C)C)c2cnn(C)c2)C1. The van der Waals surface area contributed by atoms with Crippen molar-refractivity contribution in [2.24, 2.45) is 7.05 Å². The van der Waals surface area contributed by atoms with E-state index in [2.05, 4.69) is 26.1 Å². The van der Waals surface area contributed by atoms with E-state index < -0.39 is 11.7 Å². The molecule has 124 valence electrons. The van der Waals surface area contributed by atoms with Crippen molar-refractivity contribution in [3.05, 3.63) is 12.4 Å². The molecule has 2 heterocycles. The predicted octanol–water partition coefficient (Wildman–Crippen LogP) is 2.02. The highest BCUT2D eigenvalue weighted by Crippen LogP contribution is 2.27. The fourth-order valence-electron chi connectivity index (χ4n) is 2.35. The van der Waals surface area contributed by atoms with Crippen LogP contribution in [0.15, 0.2) is 12.4 Å². The van der Waals surface area contributed by atoms with Crippen molar-refractivity contribution in [3.8, 4) is 0 Å². The van der Waals surface area contributed by atoms with Gasteiger partial charge in [0.15, 0.2) is 0 Å². The number of likely N-dealkylation sites (N-methyl/N-ethyl adjacent to an activating group) is 1. The molecule has 8 heteroatoms. The van der Waals surface area contributed by atoms with E-state index in [1.165, 1.54) is 12.1 Å². The van der Waals surface area contributed by atoms with E-state index in [9.17, 15) is 4.79 Å². The van der Waals surface area contributed by atoms with Crippen molar-refractivity contribution in [3.63, 3.8) is 0 Å². The molecule has 0 saturated carbocycles. The number of aromatic nitrogens is 2. The molecule has 22 heavy (non-hydrogen) atoms. The van der Waals surface area contributed by atoms with Gasteiger partial charge in [-0.15, -0.1) is 0 Å². The number of nitrogens with one attached hydrogen (secondary N) is 1. The Morgan fingerprint density at radius 1 is 1.50 bits per heavy atom. The molecule has 0 aliphatic carbocycles. The van der Waals surface area contributed by atoms with Crippen molar-refractivity contribution < 1.29 is 9.53 Å². The number of carbonyl (C=O) groups excluding carboxylic acids is 1. The summed E-state index contributed by atoms with van der Waals surface area (Å²) in [6, 6.07) is 0.328. The molecule has 0 radical (unpaired) electrons. The maximum absolute atomic E-state index is 11.9. The minimum Gasteiger partial charge on any atom is -0.443 e. The van der Waals surface area contributed by atoms with Crippen molar-refractivity contribution in [2.45, 2.75) is 38.8 Å². The van der Waals surface area contributed by atoms with Gasteiger partial charge in [-0.3, -0.25) is 8.99 Å². The molecular formula is C14H25N5O2S. The van der Waals surface area contributed by atoms with Gasteiger partial charge >= 0.3 is 6.09 Å². The molecule has 1 aromatic heterocycles. The minimum atomic E-state index is -0.503. The smallest absolute Gasteiger partial charge is 0.419 e. The van der Waals surface area contributed by atoms with Crippen LogP contribution in [0.3, 0.4) is 0 Å². The van der Waals surface area contributed by atoms with Gasteiger partial charge < -0.3 is 9.64 Å². The van der Waals surface area contributed by atoms with Crippen LogP contribution in [0.1, 0.15) is 27.2 Å². The van der Waals surface area contributed by atoms with E-state index in [1.54, 1.807) is 4.68 Å². The Bertz CT molecular complexity index is 514. The standard InChI is InChI=1S/C14H25N5O2S/c1-14(2,3)21-13(20)16-22-19(11-6-7-17(4)9-11)12-8-15-18(5)10-12/h8,10-11H,6-7,9H2,1-5H3,(H,16,20). The van der Waals surface area contributed by atoms with Crippen molar-refractivity contribution in [1.29, 1.82) is 0 Å². The van der Waals surface area contributed by atoms with Gasteiger partial charge in [-0.25, -0.2) is 9.52 Å². The van der Waals surface area contributed by atoms with E-state index in [0.717, 1.165) is 25.2 Å². The van der Waals surface area contributed by atoms with Crippen LogP contribution in [-0.4, -0.2) is 52.6 Å². The van der Waals surface area contributed by atoms with Crippen LogP contribution < -0.4 is 9.03 Å². The summed E-state index contributed by atoms with van der Waals surface area (Å²) in [5.41, 5.74) is 0.473. The monoisotopic (exact) mass is 327 g/mol. The first-order chi connectivity index (χ1) is 10.2. The number of hydrogen-bond donors (Lipinski definition) is 1. The summed E-state index contributed by atoms with van der Waals surface area (Å²) in [5.74, 6) is 0. The van der Waals surface area contributed by atoms with E-state index in [4.69, 9.17) is 4.74 Å². The van der Waals surface area contributed by atoms with Crippen LogP contribution in [0.25, 0.3) is 0 Å².